The molecule has 0 aromatic carbocycles. The molecule has 0 aromatic heterocycles. The van der Waals surface area contributed by atoms with Crippen molar-refractivity contribution in [3.8, 4) is 0 Å². The first-order chi connectivity index (χ1) is 6.76. The molecule has 0 aromatic rings. The van der Waals surface area contributed by atoms with Gasteiger partial charge in [-0.15, -0.1) is 0 Å². The monoisotopic (exact) mass is 201 g/mol. The van der Waals surface area contributed by atoms with Crippen LogP contribution in [0.25, 0.3) is 0 Å². The molecular formula is C11H23NO2. The van der Waals surface area contributed by atoms with Crippen molar-refractivity contribution in [3.63, 3.8) is 0 Å². The largest absolute Gasteiger partial charge is 0.395 e. The van der Waals surface area contributed by atoms with Crippen LogP contribution in [0.1, 0.15) is 46.0 Å². The maximum absolute atomic E-state index is 11.5. The van der Waals surface area contributed by atoms with Gasteiger partial charge in [0.25, 0.3) is 0 Å². The van der Waals surface area contributed by atoms with E-state index in [9.17, 15) is 4.79 Å². The number of amides is 1. The lowest BCUT2D eigenvalue weighted by atomic mass is 10.1. The highest BCUT2D eigenvalue weighted by atomic mass is 16.3. The topological polar surface area (TPSA) is 40.5 Å². The summed E-state index contributed by atoms with van der Waals surface area (Å²) in [7, 11) is 0. The summed E-state index contributed by atoms with van der Waals surface area (Å²) in [6, 6.07) is 0. The first kappa shape index (κ1) is 13.4. The maximum atomic E-state index is 11.5. The third-order valence-corrected chi connectivity index (χ3v) is 2.35. The number of carbonyl (C=O) groups is 1. The van der Waals surface area contributed by atoms with Crippen LogP contribution < -0.4 is 0 Å². The standard InChI is InChI=1S/C11H23NO2/c1-3-5-6-7-8-11(14)12(4-2)9-10-13/h13H,3-10H2,1-2H3. The van der Waals surface area contributed by atoms with Crippen LogP contribution in [0.4, 0.5) is 0 Å². The fourth-order valence-corrected chi connectivity index (χ4v) is 1.44. The lowest BCUT2D eigenvalue weighted by molar-refractivity contribution is -0.131. The average molecular weight is 201 g/mol. The number of rotatable bonds is 8. The quantitative estimate of drug-likeness (QED) is 0.608. The van der Waals surface area contributed by atoms with E-state index in [0.717, 1.165) is 12.8 Å². The number of aliphatic hydroxyl groups excluding tert-OH is 1. The first-order valence-corrected chi connectivity index (χ1v) is 5.64. The predicted molar refractivity (Wildman–Crippen MR) is 58.1 cm³/mol. The van der Waals surface area contributed by atoms with Crippen molar-refractivity contribution in [1.29, 1.82) is 0 Å². The first-order valence-electron chi connectivity index (χ1n) is 5.64. The van der Waals surface area contributed by atoms with Crippen LogP contribution >= 0.6 is 0 Å². The highest BCUT2D eigenvalue weighted by Crippen LogP contribution is 2.04. The summed E-state index contributed by atoms with van der Waals surface area (Å²) in [5.74, 6) is 0.178. The molecule has 0 rings (SSSR count). The summed E-state index contributed by atoms with van der Waals surface area (Å²) < 4.78 is 0. The number of nitrogens with zero attached hydrogens (tertiary/aromatic N) is 1. The van der Waals surface area contributed by atoms with Crippen molar-refractivity contribution in [2.24, 2.45) is 0 Å². The third kappa shape index (κ3) is 5.97. The molecule has 0 saturated carbocycles. The van der Waals surface area contributed by atoms with E-state index < -0.39 is 0 Å². The lowest BCUT2D eigenvalue weighted by Crippen LogP contribution is -2.33. The van der Waals surface area contributed by atoms with Crippen LogP contribution in [0.2, 0.25) is 0 Å². The van der Waals surface area contributed by atoms with Crippen LogP contribution in [-0.4, -0.2) is 35.6 Å². The van der Waals surface area contributed by atoms with Gasteiger partial charge in [0.15, 0.2) is 0 Å². The van der Waals surface area contributed by atoms with Crippen LogP contribution in [0.15, 0.2) is 0 Å². The van der Waals surface area contributed by atoms with Crippen LogP contribution in [0.3, 0.4) is 0 Å². The van der Waals surface area contributed by atoms with Crippen LogP contribution in [0.5, 0.6) is 0 Å². The normalized spacial score (nSPS) is 10.2. The zero-order chi connectivity index (χ0) is 10.8. The maximum Gasteiger partial charge on any atom is 0.222 e. The van der Waals surface area contributed by atoms with Gasteiger partial charge in [0.1, 0.15) is 0 Å². The molecule has 0 unspecified atom stereocenters. The summed E-state index contributed by atoms with van der Waals surface area (Å²) in [6.07, 6.45) is 5.16. The smallest absolute Gasteiger partial charge is 0.222 e. The SMILES string of the molecule is CCCCCCC(=O)N(CC)CCO. The summed E-state index contributed by atoms with van der Waals surface area (Å²) in [6.45, 7) is 5.34. The average Bonchev–Trinajstić information content (AvgIpc) is 2.20. The molecule has 3 heteroatoms. The van der Waals surface area contributed by atoms with E-state index in [1.807, 2.05) is 6.92 Å². The van der Waals surface area contributed by atoms with Crippen LogP contribution in [0, 0.1) is 0 Å². The number of unbranched alkanes of at least 4 members (excludes halogenated alkanes) is 3. The molecule has 0 radical (unpaired) electrons. The molecule has 14 heavy (non-hydrogen) atoms. The Labute approximate surface area is 87.1 Å². The number of hydrogen-bond acceptors (Lipinski definition) is 2. The van der Waals surface area contributed by atoms with Gasteiger partial charge < -0.3 is 10.0 Å². The zero-order valence-corrected chi connectivity index (χ0v) is 9.46. The number of carbonyl (C=O) groups excluding carboxylic acids is 1. The van der Waals surface area contributed by atoms with Crippen LogP contribution in [-0.2, 0) is 4.79 Å². The molecule has 0 spiro atoms. The fraction of sp³-hybridized carbons (Fsp3) is 0.909. The summed E-state index contributed by atoms with van der Waals surface area (Å²) in [5.41, 5.74) is 0. The van der Waals surface area contributed by atoms with E-state index >= 15 is 0 Å². The van der Waals surface area contributed by atoms with Crippen molar-refractivity contribution >= 4 is 5.91 Å². The molecule has 0 atom stereocenters. The minimum Gasteiger partial charge on any atom is -0.395 e. The fourth-order valence-electron chi connectivity index (χ4n) is 1.44. The summed E-state index contributed by atoms with van der Waals surface area (Å²) in [4.78, 5) is 13.3. The molecule has 3 nitrogen and oxygen atoms in total. The molecule has 0 saturated heterocycles. The second-order valence-corrected chi connectivity index (χ2v) is 3.51. The van der Waals surface area contributed by atoms with Gasteiger partial charge in [-0.1, -0.05) is 26.2 Å². The predicted octanol–water partition coefficient (Wildman–Crippen LogP) is 1.80. The van der Waals surface area contributed by atoms with Gasteiger partial charge in [0, 0.05) is 19.5 Å². The van der Waals surface area contributed by atoms with E-state index in [1.54, 1.807) is 4.90 Å². The van der Waals surface area contributed by atoms with E-state index in [2.05, 4.69) is 6.92 Å². The van der Waals surface area contributed by atoms with Gasteiger partial charge >= 0.3 is 0 Å². The van der Waals surface area contributed by atoms with Gasteiger partial charge in [-0.2, -0.15) is 0 Å². The Bertz CT molecular complexity index is 148. The Morgan fingerprint density at radius 3 is 2.43 bits per heavy atom. The van der Waals surface area contributed by atoms with Gasteiger partial charge in [0.2, 0.25) is 5.91 Å². The van der Waals surface area contributed by atoms with Gasteiger partial charge in [-0.05, 0) is 13.3 Å². The molecule has 0 fully saturated rings. The molecule has 0 aliphatic rings. The summed E-state index contributed by atoms with van der Waals surface area (Å²) >= 11 is 0. The molecule has 0 aliphatic carbocycles. The van der Waals surface area contributed by atoms with E-state index in [1.165, 1.54) is 12.8 Å². The molecule has 1 amide bonds. The Balaban J connectivity index is 3.58. The second-order valence-electron chi connectivity index (χ2n) is 3.51. The molecule has 0 aliphatic heterocycles. The minimum atomic E-state index is 0.0640. The van der Waals surface area contributed by atoms with Gasteiger partial charge in [0.05, 0.1) is 6.61 Å². The van der Waals surface area contributed by atoms with Crippen molar-refractivity contribution in [2.45, 2.75) is 46.0 Å². The van der Waals surface area contributed by atoms with E-state index in [0.29, 0.717) is 19.5 Å². The highest BCUT2D eigenvalue weighted by Gasteiger charge is 2.09. The molecule has 0 heterocycles. The Hall–Kier alpha value is -0.570. The van der Waals surface area contributed by atoms with Gasteiger partial charge in [-0.3, -0.25) is 4.79 Å². The van der Waals surface area contributed by atoms with E-state index in [-0.39, 0.29) is 12.5 Å². The molecule has 1 N–H and O–H groups in total. The van der Waals surface area contributed by atoms with E-state index in [4.69, 9.17) is 5.11 Å². The lowest BCUT2D eigenvalue weighted by Gasteiger charge is -2.19. The molecule has 0 bridgehead atoms. The highest BCUT2D eigenvalue weighted by molar-refractivity contribution is 5.76. The number of aliphatic hydroxyl groups is 1. The van der Waals surface area contributed by atoms with Crippen molar-refractivity contribution in [2.75, 3.05) is 19.7 Å². The Kier molecular flexibility index (Phi) is 8.64. The zero-order valence-electron chi connectivity index (χ0n) is 9.46. The molecule has 84 valence electrons. The van der Waals surface area contributed by atoms with Crippen molar-refractivity contribution < 1.29 is 9.90 Å². The van der Waals surface area contributed by atoms with Crippen molar-refractivity contribution in [1.82, 2.24) is 4.90 Å². The third-order valence-electron chi connectivity index (χ3n) is 2.35. The minimum absolute atomic E-state index is 0.0640. The Morgan fingerprint density at radius 1 is 1.21 bits per heavy atom. The molecular weight excluding hydrogens is 178 g/mol. The second kappa shape index (κ2) is 9.00. The number of likely N-dealkylation sites (N-methyl/N-ethyl adjacent to an activating group) is 1. The Morgan fingerprint density at radius 2 is 1.93 bits per heavy atom. The van der Waals surface area contributed by atoms with Crippen molar-refractivity contribution in [3.05, 3.63) is 0 Å². The summed E-state index contributed by atoms with van der Waals surface area (Å²) in [5, 5.41) is 8.73. The number of hydrogen-bond donors (Lipinski definition) is 1. The van der Waals surface area contributed by atoms with Gasteiger partial charge in [-0.25, -0.2) is 0 Å².